The van der Waals surface area contributed by atoms with Crippen molar-refractivity contribution < 1.29 is 9.21 Å². The second-order valence-corrected chi connectivity index (χ2v) is 4.62. The van der Waals surface area contributed by atoms with Crippen LogP contribution in [0.2, 0.25) is 0 Å². The summed E-state index contributed by atoms with van der Waals surface area (Å²) in [6.07, 6.45) is 2.21. The van der Waals surface area contributed by atoms with Gasteiger partial charge in [-0.25, -0.2) is 0 Å². The van der Waals surface area contributed by atoms with Crippen molar-refractivity contribution in [2.24, 2.45) is 0 Å². The molecule has 1 amide bonds. The number of hydrogen-bond acceptors (Lipinski definition) is 3. The zero-order valence-electron chi connectivity index (χ0n) is 10.5. The van der Waals surface area contributed by atoms with Gasteiger partial charge in [0.1, 0.15) is 5.76 Å². The topological polar surface area (TPSA) is 45.5 Å². The van der Waals surface area contributed by atoms with E-state index in [1.165, 1.54) is 0 Å². The molecule has 1 unspecified atom stereocenters. The van der Waals surface area contributed by atoms with Crippen LogP contribution in [0.5, 0.6) is 0 Å². The molecule has 1 saturated heterocycles. The number of hydrogen-bond donors (Lipinski definition) is 1. The fourth-order valence-electron chi connectivity index (χ4n) is 2.27. The van der Waals surface area contributed by atoms with Crippen LogP contribution >= 0.6 is 0 Å². The fourth-order valence-corrected chi connectivity index (χ4v) is 2.27. The van der Waals surface area contributed by atoms with Gasteiger partial charge in [-0.15, -0.1) is 0 Å². The van der Waals surface area contributed by atoms with Gasteiger partial charge >= 0.3 is 0 Å². The molecular weight excluding hydrogens is 216 g/mol. The lowest BCUT2D eigenvalue weighted by Gasteiger charge is -2.32. The van der Waals surface area contributed by atoms with Crippen LogP contribution in [0.3, 0.4) is 0 Å². The number of likely N-dealkylation sites (tertiary alicyclic amines) is 1. The van der Waals surface area contributed by atoms with Crippen molar-refractivity contribution in [2.45, 2.75) is 32.7 Å². The minimum atomic E-state index is -0.0962. The minimum Gasteiger partial charge on any atom is -0.456 e. The van der Waals surface area contributed by atoms with Gasteiger partial charge < -0.3 is 14.6 Å². The van der Waals surface area contributed by atoms with E-state index in [1.54, 1.807) is 6.07 Å². The lowest BCUT2D eigenvalue weighted by atomic mass is 10.1. The second-order valence-electron chi connectivity index (χ2n) is 4.62. The van der Waals surface area contributed by atoms with Gasteiger partial charge in [0.05, 0.1) is 0 Å². The molecule has 1 aromatic rings. The van der Waals surface area contributed by atoms with Crippen LogP contribution in [-0.4, -0.2) is 36.5 Å². The lowest BCUT2D eigenvalue weighted by Crippen LogP contribution is -2.47. The van der Waals surface area contributed by atoms with Crippen LogP contribution in [0.25, 0.3) is 0 Å². The van der Waals surface area contributed by atoms with E-state index in [0.29, 0.717) is 5.76 Å². The highest BCUT2D eigenvalue weighted by atomic mass is 16.3. The SMILES string of the molecule is CCN1CCCC(NC(=O)c2ccc(C)o2)C1. The first-order valence-corrected chi connectivity index (χ1v) is 6.28. The van der Waals surface area contributed by atoms with Crippen molar-refractivity contribution in [2.75, 3.05) is 19.6 Å². The molecule has 1 atom stereocenters. The zero-order chi connectivity index (χ0) is 12.3. The van der Waals surface area contributed by atoms with Gasteiger partial charge in [-0.2, -0.15) is 0 Å². The quantitative estimate of drug-likeness (QED) is 0.870. The van der Waals surface area contributed by atoms with Gasteiger partial charge in [-0.05, 0) is 45.0 Å². The van der Waals surface area contributed by atoms with Crippen molar-refractivity contribution in [3.8, 4) is 0 Å². The maximum Gasteiger partial charge on any atom is 0.287 e. The molecule has 4 nitrogen and oxygen atoms in total. The molecule has 1 N–H and O–H groups in total. The predicted octanol–water partition coefficient (Wildman–Crippen LogP) is 1.80. The average molecular weight is 236 g/mol. The van der Waals surface area contributed by atoms with Crippen molar-refractivity contribution in [1.29, 1.82) is 0 Å². The molecule has 17 heavy (non-hydrogen) atoms. The van der Waals surface area contributed by atoms with Gasteiger partial charge in [0.15, 0.2) is 5.76 Å². The molecule has 2 heterocycles. The molecule has 1 fully saturated rings. The molecule has 0 aliphatic carbocycles. The molecule has 0 spiro atoms. The third kappa shape index (κ3) is 3.09. The number of nitrogens with zero attached hydrogens (tertiary/aromatic N) is 1. The van der Waals surface area contributed by atoms with Crippen LogP contribution in [0, 0.1) is 6.92 Å². The molecule has 0 aromatic carbocycles. The number of nitrogens with one attached hydrogen (secondary N) is 1. The van der Waals surface area contributed by atoms with Gasteiger partial charge in [0, 0.05) is 12.6 Å². The Morgan fingerprint density at radius 1 is 1.59 bits per heavy atom. The first kappa shape index (κ1) is 12.2. The van der Waals surface area contributed by atoms with E-state index in [2.05, 4.69) is 17.1 Å². The summed E-state index contributed by atoms with van der Waals surface area (Å²) in [4.78, 5) is 14.3. The molecule has 0 saturated carbocycles. The normalized spacial score (nSPS) is 21.4. The standard InChI is InChI=1S/C13H20N2O2/c1-3-15-8-4-5-11(9-15)14-13(16)12-7-6-10(2)17-12/h6-7,11H,3-5,8-9H2,1-2H3,(H,14,16). The van der Waals surface area contributed by atoms with E-state index in [1.807, 2.05) is 13.0 Å². The molecule has 1 aliphatic rings. The summed E-state index contributed by atoms with van der Waals surface area (Å²) in [5.74, 6) is 1.09. The van der Waals surface area contributed by atoms with Crippen LogP contribution in [0.15, 0.2) is 16.5 Å². The molecule has 1 aromatic heterocycles. The number of amides is 1. The summed E-state index contributed by atoms with van der Waals surface area (Å²) in [6.45, 7) is 7.13. The molecule has 0 bridgehead atoms. The average Bonchev–Trinajstić information content (AvgIpc) is 2.76. The Bertz CT molecular complexity index is 387. The Labute approximate surface area is 102 Å². The summed E-state index contributed by atoms with van der Waals surface area (Å²) in [5, 5.41) is 3.04. The van der Waals surface area contributed by atoms with Gasteiger partial charge in [0.2, 0.25) is 0 Å². The summed E-state index contributed by atoms with van der Waals surface area (Å²) in [7, 11) is 0. The van der Waals surface area contributed by atoms with Gasteiger partial charge in [-0.3, -0.25) is 4.79 Å². The van der Waals surface area contributed by atoms with E-state index in [-0.39, 0.29) is 11.9 Å². The van der Waals surface area contributed by atoms with Gasteiger partial charge in [0.25, 0.3) is 5.91 Å². The first-order valence-electron chi connectivity index (χ1n) is 6.28. The molecule has 2 rings (SSSR count). The van der Waals surface area contributed by atoms with E-state index in [4.69, 9.17) is 4.42 Å². The van der Waals surface area contributed by atoms with Crippen molar-refractivity contribution >= 4 is 5.91 Å². The smallest absolute Gasteiger partial charge is 0.287 e. The van der Waals surface area contributed by atoms with Crippen LogP contribution < -0.4 is 5.32 Å². The zero-order valence-corrected chi connectivity index (χ0v) is 10.5. The van der Waals surface area contributed by atoms with Crippen molar-refractivity contribution in [3.63, 3.8) is 0 Å². The number of piperidine rings is 1. The van der Waals surface area contributed by atoms with E-state index < -0.39 is 0 Å². The number of rotatable bonds is 3. The van der Waals surface area contributed by atoms with Crippen LogP contribution in [-0.2, 0) is 0 Å². The highest BCUT2D eigenvalue weighted by Crippen LogP contribution is 2.11. The third-order valence-corrected chi connectivity index (χ3v) is 3.25. The molecular formula is C13H20N2O2. The first-order chi connectivity index (χ1) is 8.19. The Kier molecular flexibility index (Phi) is 3.84. The number of aryl methyl sites for hydroxylation is 1. The molecule has 1 aliphatic heterocycles. The Balaban J connectivity index is 1.90. The van der Waals surface area contributed by atoms with E-state index in [0.717, 1.165) is 38.2 Å². The van der Waals surface area contributed by atoms with E-state index >= 15 is 0 Å². The summed E-state index contributed by atoms with van der Waals surface area (Å²) < 4.78 is 5.31. The summed E-state index contributed by atoms with van der Waals surface area (Å²) >= 11 is 0. The van der Waals surface area contributed by atoms with Crippen molar-refractivity contribution in [3.05, 3.63) is 23.7 Å². The fraction of sp³-hybridized carbons (Fsp3) is 0.615. The Morgan fingerprint density at radius 2 is 2.41 bits per heavy atom. The number of furan rings is 1. The molecule has 0 radical (unpaired) electrons. The maximum atomic E-state index is 11.9. The Hall–Kier alpha value is -1.29. The molecule has 4 heteroatoms. The van der Waals surface area contributed by atoms with Crippen molar-refractivity contribution in [1.82, 2.24) is 10.2 Å². The largest absolute Gasteiger partial charge is 0.456 e. The summed E-state index contributed by atoms with van der Waals surface area (Å²) in [5.41, 5.74) is 0. The maximum absolute atomic E-state index is 11.9. The third-order valence-electron chi connectivity index (χ3n) is 3.25. The Morgan fingerprint density at radius 3 is 3.06 bits per heavy atom. The number of likely N-dealkylation sites (N-methyl/N-ethyl adjacent to an activating group) is 1. The van der Waals surface area contributed by atoms with Gasteiger partial charge in [-0.1, -0.05) is 6.92 Å². The monoisotopic (exact) mass is 236 g/mol. The number of carbonyl (C=O) groups excluding carboxylic acids is 1. The molecule has 94 valence electrons. The minimum absolute atomic E-state index is 0.0962. The highest BCUT2D eigenvalue weighted by molar-refractivity contribution is 5.91. The number of carbonyl (C=O) groups is 1. The van der Waals surface area contributed by atoms with Crippen LogP contribution in [0.1, 0.15) is 36.1 Å². The predicted molar refractivity (Wildman–Crippen MR) is 66.0 cm³/mol. The lowest BCUT2D eigenvalue weighted by molar-refractivity contribution is 0.0876. The van der Waals surface area contributed by atoms with E-state index in [9.17, 15) is 4.79 Å². The highest BCUT2D eigenvalue weighted by Gasteiger charge is 2.21. The van der Waals surface area contributed by atoms with Crippen LogP contribution in [0.4, 0.5) is 0 Å². The summed E-state index contributed by atoms with van der Waals surface area (Å²) in [6, 6.07) is 3.79. The second kappa shape index (κ2) is 5.36.